The van der Waals surface area contributed by atoms with Gasteiger partial charge in [-0.05, 0) is 13.3 Å². The molecule has 0 amide bonds. The quantitative estimate of drug-likeness (QED) is 0.572. The minimum Gasteiger partial charge on any atom is -0.479 e. The van der Waals surface area contributed by atoms with E-state index in [-0.39, 0.29) is 0 Å². The molecule has 0 radical (unpaired) electrons. The van der Waals surface area contributed by atoms with Gasteiger partial charge in [0.2, 0.25) is 0 Å². The molecule has 3 N–H and O–H groups in total. The first-order valence-corrected chi connectivity index (χ1v) is 5.58. The van der Waals surface area contributed by atoms with E-state index in [1.54, 1.807) is 0 Å². The minimum atomic E-state index is -1.23. The summed E-state index contributed by atoms with van der Waals surface area (Å²) in [4.78, 5) is 9.45. The maximum absolute atomic E-state index is 9.45. The van der Waals surface area contributed by atoms with Crippen LogP contribution in [0.3, 0.4) is 0 Å². The van der Waals surface area contributed by atoms with Crippen LogP contribution in [0.5, 0.6) is 0 Å². The largest absolute Gasteiger partial charge is 0.479 e. The molecule has 0 aliphatic carbocycles. The lowest BCUT2D eigenvalue weighted by Crippen LogP contribution is -2.13. The molecule has 0 fully saturated rings. The van der Waals surface area contributed by atoms with Crippen molar-refractivity contribution in [3.8, 4) is 0 Å². The monoisotopic (exact) mass is 220 g/mol. The number of aliphatic hydroxyl groups is 2. The van der Waals surface area contributed by atoms with E-state index in [1.807, 2.05) is 0 Å². The summed E-state index contributed by atoms with van der Waals surface area (Å²) in [7, 11) is 0. The summed E-state index contributed by atoms with van der Waals surface area (Å²) in [5, 5.41) is 24.2. The highest BCUT2D eigenvalue weighted by Gasteiger charge is 2.01. The van der Waals surface area contributed by atoms with Crippen LogP contribution in [0.4, 0.5) is 0 Å². The molecule has 0 heterocycles. The number of hydrogen-bond donors (Lipinski definition) is 3. The lowest BCUT2D eigenvalue weighted by molar-refractivity contribution is -0.145. The summed E-state index contributed by atoms with van der Waals surface area (Å²) in [5.74, 6) is -1.19. The average Bonchev–Trinajstić information content (AvgIpc) is 2.18. The van der Waals surface area contributed by atoms with Crippen LogP contribution in [0.15, 0.2) is 0 Å². The number of carboxylic acid groups (broad SMARTS) is 1. The second-order valence-electron chi connectivity index (χ2n) is 3.51. The zero-order valence-corrected chi connectivity index (χ0v) is 9.78. The van der Waals surface area contributed by atoms with Crippen LogP contribution in [0, 0.1) is 0 Å². The average molecular weight is 220 g/mol. The number of hydrogen-bond acceptors (Lipinski definition) is 3. The van der Waals surface area contributed by atoms with Crippen LogP contribution < -0.4 is 0 Å². The number of rotatable bonds is 7. The zero-order chi connectivity index (χ0) is 12.1. The summed E-state index contributed by atoms with van der Waals surface area (Å²) in [6.07, 6.45) is 6.26. The molecule has 4 heteroatoms. The predicted octanol–water partition coefficient (Wildman–Crippen LogP) is 1.79. The summed E-state index contributed by atoms with van der Waals surface area (Å²) in [5.41, 5.74) is 0. The molecular weight excluding hydrogens is 196 g/mol. The molecule has 0 aromatic carbocycles. The third-order valence-electron chi connectivity index (χ3n) is 1.87. The van der Waals surface area contributed by atoms with Gasteiger partial charge in [0.25, 0.3) is 0 Å². The first-order valence-electron chi connectivity index (χ1n) is 5.58. The van der Waals surface area contributed by atoms with Crippen molar-refractivity contribution in [2.24, 2.45) is 0 Å². The van der Waals surface area contributed by atoms with Gasteiger partial charge in [-0.3, -0.25) is 0 Å². The van der Waals surface area contributed by atoms with E-state index in [2.05, 4.69) is 6.92 Å². The maximum atomic E-state index is 9.45. The van der Waals surface area contributed by atoms with E-state index in [9.17, 15) is 4.79 Å². The van der Waals surface area contributed by atoms with E-state index in [0.717, 1.165) is 6.42 Å². The number of aliphatic hydroxyl groups excluding tert-OH is 2. The molecule has 0 aromatic rings. The van der Waals surface area contributed by atoms with Gasteiger partial charge in [-0.25, -0.2) is 4.79 Å². The third kappa shape index (κ3) is 19.7. The first-order chi connectivity index (χ1) is 7.06. The van der Waals surface area contributed by atoms with Gasteiger partial charge in [-0.2, -0.15) is 0 Å². The summed E-state index contributed by atoms with van der Waals surface area (Å²) < 4.78 is 0. The fourth-order valence-corrected chi connectivity index (χ4v) is 0.892. The molecule has 1 atom stereocenters. The SMILES string of the molecule is CC(O)C(=O)O.CCCCCCCCO. The molecule has 0 saturated carbocycles. The molecule has 0 aliphatic heterocycles. The Balaban J connectivity index is 0. The molecule has 0 saturated heterocycles. The van der Waals surface area contributed by atoms with Crippen LogP contribution in [0.2, 0.25) is 0 Å². The summed E-state index contributed by atoms with van der Waals surface area (Å²) in [6, 6.07) is 0. The standard InChI is InChI=1S/C8H18O.C3H6O3/c1-2-3-4-5-6-7-8-9;1-2(4)3(5)6/h9H,2-8H2,1H3;2,4H,1H3,(H,5,6). The predicted molar refractivity (Wildman–Crippen MR) is 59.8 cm³/mol. The molecule has 0 rings (SSSR count). The van der Waals surface area contributed by atoms with Crippen molar-refractivity contribution in [2.75, 3.05) is 6.61 Å². The number of unbranched alkanes of at least 4 members (excludes halogenated alkanes) is 5. The Bertz CT molecular complexity index is 129. The number of carboxylic acids is 1. The molecule has 4 nitrogen and oxygen atoms in total. The molecule has 0 bridgehead atoms. The first kappa shape index (κ1) is 16.8. The smallest absolute Gasteiger partial charge is 0.332 e. The minimum absolute atomic E-state index is 0.367. The van der Waals surface area contributed by atoms with Crippen molar-refractivity contribution < 1.29 is 20.1 Å². The van der Waals surface area contributed by atoms with E-state index >= 15 is 0 Å². The Morgan fingerprint density at radius 2 is 1.53 bits per heavy atom. The summed E-state index contributed by atoms with van der Waals surface area (Å²) in [6.45, 7) is 3.78. The van der Waals surface area contributed by atoms with Gasteiger partial charge in [0, 0.05) is 6.61 Å². The van der Waals surface area contributed by atoms with Crippen LogP contribution in [-0.4, -0.2) is 34.0 Å². The lowest BCUT2D eigenvalue weighted by atomic mass is 10.1. The topological polar surface area (TPSA) is 77.8 Å². The molecule has 15 heavy (non-hydrogen) atoms. The molecule has 0 spiro atoms. The normalized spacial score (nSPS) is 11.5. The second kappa shape index (κ2) is 13.4. The highest BCUT2D eigenvalue weighted by Crippen LogP contribution is 2.03. The van der Waals surface area contributed by atoms with Crippen LogP contribution in [0.25, 0.3) is 0 Å². The molecule has 1 unspecified atom stereocenters. The van der Waals surface area contributed by atoms with E-state index < -0.39 is 12.1 Å². The van der Waals surface area contributed by atoms with Gasteiger partial charge in [-0.1, -0.05) is 39.0 Å². The van der Waals surface area contributed by atoms with Crippen molar-refractivity contribution in [1.82, 2.24) is 0 Å². The van der Waals surface area contributed by atoms with Gasteiger partial charge in [0.15, 0.2) is 0 Å². The number of carbonyl (C=O) groups is 1. The molecular formula is C11H24O4. The van der Waals surface area contributed by atoms with Crippen molar-refractivity contribution in [2.45, 2.75) is 58.5 Å². The van der Waals surface area contributed by atoms with E-state index in [4.69, 9.17) is 15.3 Å². The lowest BCUT2D eigenvalue weighted by Gasteiger charge is -1.95. The van der Waals surface area contributed by atoms with Crippen molar-refractivity contribution >= 4 is 5.97 Å². The fraction of sp³-hybridized carbons (Fsp3) is 0.909. The van der Waals surface area contributed by atoms with Gasteiger partial charge in [0.05, 0.1) is 0 Å². The van der Waals surface area contributed by atoms with Gasteiger partial charge in [-0.15, -0.1) is 0 Å². The van der Waals surface area contributed by atoms with Gasteiger partial charge >= 0.3 is 5.97 Å². The Morgan fingerprint density at radius 1 is 1.13 bits per heavy atom. The van der Waals surface area contributed by atoms with Gasteiger partial charge in [0.1, 0.15) is 6.10 Å². The van der Waals surface area contributed by atoms with Crippen molar-refractivity contribution in [3.05, 3.63) is 0 Å². The third-order valence-corrected chi connectivity index (χ3v) is 1.87. The molecule has 92 valence electrons. The Labute approximate surface area is 91.9 Å². The highest BCUT2D eigenvalue weighted by atomic mass is 16.4. The zero-order valence-electron chi connectivity index (χ0n) is 9.78. The molecule has 0 aliphatic rings. The summed E-state index contributed by atoms with van der Waals surface area (Å²) >= 11 is 0. The Hall–Kier alpha value is -0.610. The van der Waals surface area contributed by atoms with E-state index in [1.165, 1.54) is 39.0 Å². The highest BCUT2D eigenvalue weighted by molar-refractivity contribution is 5.71. The molecule has 0 aromatic heterocycles. The Morgan fingerprint density at radius 3 is 1.87 bits per heavy atom. The van der Waals surface area contributed by atoms with Crippen LogP contribution >= 0.6 is 0 Å². The van der Waals surface area contributed by atoms with Crippen LogP contribution in [-0.2, 0) is 4.79 Å². The number of aliphatic carboxylic acids is 1. The Kier molecular flexibility index (Phi) is 15.0. The maximum Gasteiger partial charge on any atom is 0.332 e. The van der Waals surface area contributed by atoms with E-state index in [0.29, 0.717) is 6.61 Å². The van der Waals surface area contributed by atoms with Crippen molar-refractivity contribution in [1.29, 1.82) is 0 Å². The van der Waals surface area contributed by atoms with Gasteiger partial charge < -0.3 is 15.3 Å². The van der Waals surface area contributed by atoms with Crippen LogP contribution in [0.1, 0.15) is 52.4 Å². The fourth-order valence-electron chi connectivity index (χ4n) is 0.892. The second-order valence-corrected chi connectivity index (χ2v) is 3.51. The van der Waals surface area contributed by atoms with Crippen molar-refractivity contribution in [3.63, 3.8) is 0 Å².